The molecule has 92 valence electrons. The third-order valence-electron chi connectivity index (χ3n) is 3.50. The summed E-state index contributed by atoms with van der Waals surface area (Å²) in [6.45, 7) is 1.99. The lowest BCUT2D eigenvalue weighted by atomic mass is 9.93. The van der Waals surface area contributed by atoms with Gasteiger partial charge in [0.05, 0.1) is 7.11 Å². The Morgan fingerprint density at radius 3 is 2.78 bits per heavy atom. The molecule has 1 heterocycles. The molecule has 0 fully saturated rings. The molecule has 2 heteroatoms. The number of methoxy groups -OCH3 is 1. The minimum absolute atomic E-state index is 0.946. The van der Waals surface area contributed by atoms with Crippen LogP contribution in [0.2, 0.25) is 0 Å². The lowest BCUT2D eigenvalue weighted by Crippen LogP contribution is -2.20. The van der Waals surface area contributed by atoms with Crippen molar-refractivity contribution in [3.05, 3.63) is 48.0 Å². The Hall–Kier alpha value is -1.80. The van der Waals surface area contributed by atoms with Gasteiger partial charge < -0.3 is 10.1 Å². The Morgan fingerprint density at radius 1 is 1.11 bits per heavy atom. The number of fused-ring (bicyclic) bond motifs is 1. The third-order valence-corrected chi connectivity index (χ3v) is 3.50. The second-order valence-corrected chi connectivity index (χ2v) is 4.55. The molecule has 0 bridgehead atoms. The normalized spacial score (nSPS) is 15.5. The molecule has 2 aromatic rings. The van der Waals surface area contributed by atoms with E-state index >= 15 is 0 Å². The average Bonchev–Trinajstić information content (AvgIpc) is 2.47. The molecular formula is C16H17NO. The van der Waals surface area contributed by atoms with E-state index in [-0.39, 0.29) is 0 Å². The van der Waals surface area contributed by atoms with Crippen LogP contribution in [0.15, 0.2) is 42.5 Å². The van der Waals surface area contributed by atoms with Crippen molar-refractivity contribution in [1.29, 1.82) is 0 Å². The molecule has 2 aromatic carbocycles. The van der Waals surface area contributed by atoms with Crippen molar-refractivity contribution >= 4 is 16.3 Å². The molecule has 0 aliphatic carbocycles. The predicted octanol–water partition coefficient (Wildman–Crippen LogP) is 3.23. The van der Waals surface area contributed by atoms with Crippen molar-refractivity contribution in [3.63, 3.8) is 0 Å². The third kappa shape index (κ3) is 1.89. The molecule has 1 N–H and O–H groups in total. The van der Waals surface area contributed by atoms with E-state index in [1.807, 2.05) is 0 Å². The monoisotopic (exact) mass is 239 g/mol. The van der Waals surface area contributed by atoms with Crippen LogP contribution in [-0.2, 0) is 0 Å². The van der Waals surface area contributed by atoms with Gasteiger partial charge in [0.2, 0.25) is 0 Å². The molecule has 0 amide bonds. The van der Waals surface area contributed by atoms with Crippen LogP contribution in [0.3, 0.4) is 0 Å². The van der Waals surface area contributed by atoms with Crippen molar-refractivity contribution in [1.82, 2.24) is 5.32 Å². The van der Waals surface area contributed by atoms with E-state index in [0.29, 0.717) is 0 Å². The van der Waals surface area contributed by atoms with E-state index in [1.165, 1.54) is 21.9 Å². The summed E-state index contributed by atoms with van der Waals surface area (Å²) in [5, 5.41) is 5.91. The maximum absolute atomic E-state index is 5.55. The summed E-state index contributed by atoms with van der Waals surface area (Å²) in [5.41, 5.74) is 2.65. The molecule has 0 spiro atoms. The number of hydrogen-bond donors (Lipinski definition) is 1. The van der Waals surface area contributed by atoms with Gasteiger partial charge in [-0.3, -0.25) is 0 Å². The molecule has 0 unspecified atom stereocenters. The smallest absolute Gasteiger partial charge is 0.126 e. The van der Waals surface area contributed by atoms with Gasteiger partial charge in [-0.05, 0) is 35.4 Å². The Labute approximate surface area is 107 Å². The van der Waals surface area contributed by atoms with Crippen LogP contribution in [0.4, 0.5) is 0 Å². The molecule has 0 aromatic heterocycles. The van der Waals surface area contributed by atoms with Crippen molar-refractivity contribution in [2.75, 3.05) is 20.2 Å². The van der Waals surface area contributed by atoms with E-state index in [1.54, 1.807) is 7.11 Å². The van der Waals surface area contributed by atoms with Gasteiger partial charge in [-0.2, -0.15) is 0 Å². The van der Waals surface area contributed by atoms with Gasteiger partial charge in [0.1, 0.15) is 5.75 Å². The van der Waals surface area contributed by atoms with E-state index in [9.17, 15) is 0 Å². The highest BCUT2D eigenvalue weighted by Gasteiger charge is 2.14. The van der Waals surface area contributed by atoms with Crippen LogP contribution in [0.25, 0.3) is 16.3 Å². The second-order valence-electron chi connectivity index (χ2n) is 4.55. The Balaban J connectivity index is 2.26. The summed E-state index contributed by atoms with van der Waals surface area (Å²) < 4.78 is 5.55. The first kappa shape index (κ1) is 11.3. The van der Waals surface area contributed by atoms with Crippen LogP contribution in [0.5, 0.6) is 5.75 Å². The van der Waals surface area contributed by atoms with Gasteiger partial charge >= 0.3 is 0 Å². The average molecular weight is 239 g/mol. The number of nitrogens with one attached hydrogen (secondary N) is 1. The molecule has 0 saturated carbocycles. The zero-order valence-corrected chi connectivity index (χ0v) is 10.6. The van der Waals surface area contributed by atoms with Gasteiger partial charge in [-0.15, -0.1) is 0 Å². The lowest BCUT2D eigenvalue weighted by molar-refractivity contribution is 0.414. The summed E-state index contributed by atoms with van der Waals surface area (Å²) in [7, 11) is 1.75. The van der Waals surface area contributed by atoms with Gasteiger partial charge in [-0.25, -0.2) is 0 Å². The zero-order valence-electron chi connectivity index (χ0n) is 10.6. The highest BCUT2D eigenvalue weighted by atomic mass is 16.5. The first-order valence-corrected chi connectivity index (χ1v) is 6.36. The quantitative estimate of drug-likeness (QED) is 0.868. The van der Waals surface area contributed by atoms with Gasteiger partial charge in [-0.1, -0.05) is 36.4 Å². The first-order chi connectivity index (χ1) is 8.90. The molecule has 0 saturated heterocycles. The molecule has 0 atom stereocenters. The second kappa shape index (κ2) is 4.83. The van der Waals surface area contributed by atoms with Gasteiger partial charge in [0.25, 0.3) is 0 Å². The fourth-order valence-corrected chi connectivity index (χ4v) is 2.60. The van der Waals surface area contributed by atoms with Crippen LogP contribution in [0.1, 0.15) is 12.0 Å². The molecule has 3 rings (SSSR count). The summed E-state index contributed by atoms with van der Waals surface area (Å²) >= 11 is 0. The molecular weight excluding hydrogens is 222 g/mol. The highest BCUT2D eigenvalue weighted by Crippen LogP contribution is 2.35. The largest absolute Gasteiger partial charge is 0.496 e. The lowest BCUT2D eigenvalue weighted by Gasteiger charge is -2.18. The number of hydrogen-bond acceptors (Lipinski definition) is 2. The maximum Gasteiger partial charge on any atom is 0.126 e. The first-order valence-electron chi connectivity index (χ1n) is 6.36. The van der Waals surface area contributed by atoms with Crippen molar-refractivity contribution in [2.24, 2.45) is 0 Å². The Kier molecular flexibility index (Phi) is 3.03. The minimum Gasteiger partial charge on any atom is -0.496 e. The summed E-state index contributed by atoms with van der Waals surface area (Å²) in [5.74, 6) is 0.974. The summed E-state index contributed by atoms with van der Waals surface area (Å²) in [4.78, 5) is 0. The van der Waals surface area contributed by atoms with Crippen LogP contribution < -0.4 is 10.1 Å². The summed E-state index contributed by atoms with van der Waals surface area (Å²) in [6, 6.07) is 12.7. The molecule has 18 heavy (non-hydrogen) atoms. The number of benzene rings is 2. The standard InChI is InChI=1S/C16H17NO/c1-18-15-7-6-12-4-2-3-5-14(12)16(15)13-8-10-17-11-9-13/h2-8,17H,9-11H2,1H3. The van der Waals surface area contributed by atoms with E-state index in [0.717, 1.165) is 25.3 Å². The molecule has 1 aliphatic heterocycles. The predicted molar refractivity (Wildman–Crippen MR) is 76.0 cm³/mol. The van der Waals surface area contributed by atoms with Crippen molar-refractivity contribution in [2.45, 2.75) is 6.42 Å². The number of ether oxygens (including phenoxy) is 1. The molecule has 2 nitrogen and oxygen atoms in total. The van der Waals surface area contributed by atoms with E-state index < -0.39 is 0 Å². The van der Waals surface area contributed by atoms with E-state index in [2.05, 4.69) is 47.8 Å². The molecule has 1 aliphatic rings. The minimum atomic E-state index is 0.946. The van der Waals surface area contributed by atoms with Crippen molar-refractivity contribution in [3.8, 4) is 5.75 Å². The zero-order chi connectivity index (χ0) is 12.4. The fraction of sp³-hybridized carbons (Fsp3) is 0.250. The number of rotatable bonds is 2. The Morgan fingerprint density at radius 2 is 2.00 bits per heavy atom. The van der Waals surface area contributed by atoms with Gasteiger partial charge in [0.15, 0.2) is 0 Å². The molecule has 0 radical (unpaired) electrons. The van der Waals surface area contributed by atoms with Crippen LogP contribution in [-0.4, -0.2) is 20.2 Å². The van der Waals surface area contributed by atoms with Crippen LogP contribution in [0, 0.1) is 0 Å². The highest BCUT2D eigenvalue weighted by molar-refractivity contribution is 5.96. The van der Waals surface area contributed by atoms with Crippen LogP contribution >= 0.6 is 0 Å². The van der Waals surface area contributed by atoms with Gasteiger partial charge in [0, 0.05) is 12.1 Å². The van der Waals surface area contributed by atoms with E-state index in [4.69, 9.17) is 4.74 Å². The topological polar surface area (TPSA) is 21.3 Å². The maximum atomic E-state index is 5.55. The SMILES string of the molecule is COc1ccc2ccccc2c1C1=CCNCC1. The Bertz CT molecular complexity index is 601. The summed E-state index contributed by atoms with van der Waals surface area (Å²) in [6.07, 6.45) is 3.33. The fourth-order valence-electron chi connectivity index (χ4n) is 2.60. The van der Waals surface area contributed by atoms with Crippen molar-refractivity contribution < 1.29 is 4.74 Å².